The predicted molar refractivity (Wildman–Crippen MR) is 197 cm³/mol. The van der Waals surface area contributed by atoms with Crippen molar-refractivity contribution in [1.82, 2.24) is 16.0 Å². The molecule has 0 bridgehead atoms. The molecule has 0 aliphatic heterocycles. The monoisotopic (exact) mass is 764 g/mol. The molecule has 0 aliphatic carbocycles. The van der Waals surface area contributed by atoms with Gasteiger partial charge >= 0.3 is 24.2 Å². The third-order valence-corrected chi connectivity index (χ3v) is 6.53. The van der Waals surface area contributed by atoms with Crippen LogP contribution in [0.2, 0.25) is 0 Å². The first-order valence-corrected chi connectivity index (χ1v) is 17.6. The maximum atomic E-state index is 13.0. The Balaban J connectivity index is 2.62. The van der Waals surface area contributed by atoms with Crippen LogP contribution in [0.4, 0.5) is 14.4 Å². The van der Waals surface area contributed by atoms with Gasteiger partial charge in [-0.2, -0.15) is 0 Å². The number of benzene rings is 1. The van der Waals surface area contributed by atoms with E-state index >= 15 is 0 Å². The number of hydrogen-bond acceptors (Lipinski definition) is 13. The van der Waals surface area contributed by atoms with Crippen molar-refractivity contribution in [2.75, 3.05) is 59.3 Å². The molecule has 2 atom stereocenters. The van der Waals surface area contributed by atoms with Gasteiger partial charge in [0.05, 0.1) is 39.1 Å². The number of nitrogens with zero attached hydrogens (tertiary/aromatic N) is 3. The second kappa shape index (κ2) is 26.0. The topological polar surface area (TPSA) is 235 Å². The number of alkyl carbamates (subject to hydrolysis) is 2. The van der Waals surface area contributed by atoms with Crippen LogP contribution >= 0.6 is 0 Å². The maximum Gasteiger partial charge on any atom is 0.412 e. The highest BCUT2D eigenvalue weighted by Crippen LogP contribution is 2.15. The van der Waals surface area contributed by atoms with Gasteiger partial charge in [-0.05, 0) is 77.6 Å². The Hall–Kier alpha value is -4.90. The van der Waals surface area contributed by atoms with Gasteiger partial charge in [-0.1, -0.05) is 29.9 Å². The number of esters is 1. The van der Waals surface area contributed by atoms with Gasteiger partial charge in [0.25, 0.3) is 0 Å². The van der Waals surface area contributed by atoms with E-state index in [2.05, 4.69) is 32.6 Å². The van der Waals surface area contributed by atoms with Crippen molar-refractivity contribution >= 4 is 30.0 Å². The Morgan fingerprint density at radius 1 is 0.815 bits per heavy atom. The van der Waals surface area contributed by atoms with E-state index in [0.29, 0.717) is 51.6 Å². The molecule has 18 heteroatoms. The summed E-state index contributed by atoms with van der Waals surface area (Å²) in [6.45, 7) is 15.9. The molecular formula is C36H56N6O12. The molecule has 3 amide bonds. The van der Waals surface area contributed by atoms with Crippen LogP contribution in [-0.2, 0) is 44.4 Å². The highest BCUT2D eigenvalue weighted by molar-refractivity contribution is 5.87. The third kappa shape index (κ3) is 24.4. The molecule has 0 aliphatic rings. The van der Waals surface area contributed by atoms with Crippen LogP contribution < -0.4 is 20.7 Å². The van der Waals surface area contributed by atoms with Crippen LogP contribution in [0, 0.1) is 0 Å². The Morgan fingerprint density at radius 3 is 1.93 bits per heavy atom. The molecule has 0 heterocycles. The first-order valence-electron chi connectivity index (χ1n) is 17.6. The highest BCUT2D eigenvalue weighted by Gasteiger charge is 2.27. The Bertz CT molecular complexity index is 1370. The fraction of sp³-hybridized carbons (Fsp3) is 0.639. The van der Waals surface area contributed by atoms with E-state index in [9.17, 15) is 24.0 Å². The molecule has 18 nitrogen and oxygen atoms in total. The van der Waals surface area contributed by atoms with E-state index in [4.69, 9.17) is 38.7 Å². The molecule has 0 saturated carbocycles. The van der Waals surface area contributed by atoms with Crippen LogP contribution in [0.5, 0.6) is 5.75 Å². The largest absolute Gasteiger partial charge is 0.460 e. The number of ketones is 1. The summed E-state index contributed by atoms with van der Waals surface area (Å²) in [4.78, 5) is 65.6. The molecule has 0 unspecified atom stereocenters. The molecule has 1 rings (SSSR count). The summed E-state index contributed by atoms with van der Waals surface area (Å²) in [5, 5.41) is 11.0. The number of ether oxygens (including phenoxy) is 7. The molecule has 0 fully saturated rings. The number of Topliss-reactive ketones (excluding diaryl/α,β-unsaturated/α-hetero) is 1. The van der Waals surface area contributed by atoms with Crippen molar-refractivity contribution in [3.63, 3.8) is 0 Å². The first-order chi connectivity index (χ1) is 25.5. The molecular weight excluding hydrogens is 708 g/mol. The number of amides is 3. The van der Waals surface area contributed by atoms with Gasteiger partial charge in [0.1, 0.15) is 29.6 Å². The van der Waals surface area contributed by atoms with E-state index in [-0.39, 0.29) is 50.5 Å². The zero-order valence-corrected chi connectivity index (χ0v) is 32.2. The summed E-state index contributed by atoms with van der Waals surface area (Å²) in [5.74, 6) is -0.743. The fourth-order valence-corrected chi connectivity index (χ4v) is 4.25. The summed E-state index contributed by atoms with van der Waals surface area (Å²) in [7, 11) is 0. The standard InChI is InChI=1S/C36H56N6O12/c1-8-18-51-31(44)29(41-34(47)54-36(5,6)7)25-26-11-13-27(14-12-26)52-32(45)38-16-15-28(40-33(46)53-35(2,3)4)30(43)10-9-19-48-21-23-50-24-22-49-20-17-39-42-37/h8,11-14,28-29H,1,9-10,15-25H2,2-7H3,(H,38,45)(H,40,46)(H,41,47)/t28-,29-/m0/s1. The number of hydrogen-bond donors (Lipinski definition) is 3. The lowest BCUT2D eigenvalue weighted by Gasteiger charge is -2.23. The maximum absolute atomic E-state index is 13.0. The Labute approximate surface area is 316 Å². The normalized spacial score (nSPS) is 12.3. The lowest BCUT2D eigenvalue weighted by atomic mass is 10.0. The average molecular weight is 765 g/mol. The van der Waals surface area contributed by atoms with Crippen LogP contribution in [-0.4, -0.2) is 113 Å². The molecule has 54 heavy (non-hydrogen) atoms. The average Bonchev–Trinajstić information content (AvgIpc) is 3.07. The number of nitrogens with one attached hydrogen (secondary N) is 3. The van der Waals surface area contributed by atoms with E-state index in [1.165, 1.54) is 18.2 Å². The van der Waals surface area contributed by atoms with Crippen molar-refractivity contribution in [3.8, 4) is 5.75 Å². The SMILES string of the molecule is C=CCOC(=O)[C@H](Cc1ccc(OC(=O)NCC[C@H](NC(=O)OC(C)(C)C)C(=O)CCCOCCOCCOCCN=[N+]=[N-])cc1)NC(=O)OC(C)(C)C. The van der Waals surface area contributed by atoms with Gasteiger partial charge < -0.3 is 49.1 Å². The predicted octanol–water partition coefficient (Wildman–Crippen LogP) is 4.93. The van der Waals surface area contributed by atoms with E-state index in [1.54, 1.807) is 53.7 Å². The van der Waals surface area contributed by atoms with Gasteiger partial charge in [0, 0.05) is 37.4 Å². The molecule has 0 spiro atoms. The highest BCUT2D eigenvalue weighted by atomic mass is 16.6. The summed E-state index contributed by atoms with van der Waals surface area (Å²) in [6, 6.07) is 4.29. The molecule has 1 aromatic carbocycles. The van der Waals surface area contributed by atoms with Gasteiger partial charge in [-0.3, -0.25) is 4.79 Å². The molecule has 0 radical (unpaired) electrons. The zero-order chi connectivity index (χ0) is 40.4. The smallest absolute Gasteiger partial charge is 0.412 e. The van der Waals surface area contributed by atoms with Crippen LogP contribution in [0.15, 0.2) is 42.0 Å². The second-order valence-corrected chi connectivity index (χ2v) is 13.6. The minimum absolute atomic E-state index is 0.00293. The number of rotatable bonds is 25. The summed E-state index contributed by atoms with van der Waals surface area (Å²) in [5.41, 5.74) is 7.29. The lowest BCUT2D eigenvalue weighted by Crippen LogP contribution is -2.45. The second-order valence-electron chi connectivity index (χ2n) is 13.6. The quantitative estimate of drug-likeness (QED) is 0.0229. The summed E-state index contributed by atoms with van der Waals surface area (Å²) >= 11 is 0. The minimum Gasteiger partial charge on any atom is -0.460 e. The number of azide groups is 1. The first kappa shape index (κ1) is 47.1. The van der Waals surface area contributed by atoms with Crippen LogP contribution in [0.1, 0.15) is 66.4 Å². The van der Waals surface area contributed by atoms with Crippen molar-refractivity contribution < 1.29 is 57.1 Å². The lowest BCUT2D eigenvalue weighted by molar-refractivity contribution is -0.144. The van der Waals surface area contributed by atoms with Crippen molar-refractivity contribution in [1.29, 1.82) is 0 Å². The van der Waals surface area contributed by atoms with Gasteiger partial charge in [-0.15, -0.1) is 0 Å². The van der Waals surface area contributed by atoms with Gasteiger partial charge in [-0.25, -0.2) is 19.2 Å². The number of carbonyl (C=O) groups is 5. The van der Waals surface area contributed by atoms with E-state index in [1.807, 2.05) is 0 Å². The molecule has 3 N–H and O–H groups in total. The Kier molecular flexibility index (Phi) is 22.7. The molecule has 302 valence electrons. The van der Waals surface area contributed by atoms with Crippen LogP contribution in [0.3, 0.4) is 0 Å². The summed E-state index contributed by atoms with van der Waals surface area (Å²) in [6.07, 6.45) is -0.288. The van der Waals surface area contributed by atoms with Crippen molar-refractivity contribution in [3.05, 3.63) is 52.9 Å². The fourth-order valence-electron chi connectivity index (χ4n) is 4.25. The molecule has 0 saturated heterocycles. The van der Waals surface area contributed by atoms with Crippen molar-refractivity contribution in [2.24, 2.45) is 5.11 Å². The zero-order valence-electron chi connectivity index (χ0n) is 32.2. The van der Waals surface area contributed by atoms with Crippen molar-refractivity contribution in [2.45, 2.75) is 90.5 Å². The van der Waals surface area contributed by atoms with E-state index < -0.39 is 47.5 Å². The van der Waals surface area contributed by atoms with Gasteiger partial charge in [0.15, 0.2) is 5.78 Å². The Morgan fingerprint density at radius 2 is 1.37 bits per heavy atom. The number of carbonyl (C=O) groups excluding carboxylic acids is 5. The minimum atomic E-state index is -1.05. The molecule has 0 aromatic heterocycles. The van der Waals surface area contributed by atoms with Gasteiger partial charge in [0.2, 0.25) is 0 Å². The molecule has 1 aromatic rings. The third-order valence-electron chi connectivity index (χ3n) is 6.53. The van der Waals surface area contributed by atoms with Crippen LogP contribution in [0.25, 0.3) is 10.4 Å². The van der Waals surface area contributed by atoms with E-state index in [0.717, 1.165) is 0 Å². The summed E-state index contributed by atoms with van der Waals surface area (Å²) < 4.78 is 37.2.